The van der Waals surface area contributed by atoms with Gasteiger partial charge in [0.2, 0.25) is 5.91 Å². The third-order valence-electron chi connectivity index (χ3n) is 6.22. The van der Waals surface area contributed by atoms with Gasteiger partial charge < -0.3 is 9.64 Å². The summed E-state index contributed by atoms with van der Waals surface area (Å²) in [7, 11) is 0. The molecule has 0 bridgehead atoms. The molecule has 0 aromatic heterocycles. The van der Waals surface area contributed by atoms with Gasteiger partial charge in [0.25, 0.3) is 11.8 Å². The lowest BCUT2D eigenvalue weighted by Gasteiger charge is -2.19. The number of imide groups is 1. The maximum absolute atomic E-state index is 12.8. The van der Waals surface area contributed by atoms with Crippen LogP contribution in [0.25, 0.3) is 0 Å². The van der Waals surface area contributed by atoms with Crippen molar-refractivity contribution in [1.29, 1.82) is 0 Å². The van der Waals surface area contributed by atoms with Gasteiger partial charge in [-0.15, -0.1) is 0 Å². The van der Waals surface area contributed by atoms with E-state index in [1.54, 1.807) is 41.3 Å². The quantitative estimate of drug-likeness (QED) is 0.337. The Morgan fingerprint density at radius 2 is 1.53 bits per heavy atom. The molecular formula is C27H22N2O5. The van der Waals surface area contributed by atoms with Crippen LogP contribution >= 0.6 is 0 Å². The zero-order chi connectivity index (χ0) is 24.0. The summed E-state index contributed by atoms with van der Waals surface area (Å²) < 4.78 is 5.51. The number of hydrogen-bond acceptors (Lipinski definition) is 5. The lowest BCUT2D eigenvalue weighted by atomic mass is 10.1. The molecule has 3 amide bonds. The molecule has 34 heavy (non-hydrogen) atoms. The third-order valence-corrected chi connectivity index (χ3v) is 6.22. The van der Waals surface area contributed by atoms with Gasteiger partial charge in [0.15, 0.2) is 0 Å². The van der Waals surface area contributed by atoms with Crippen molar-refractivity contribution in [3.63, 3.8) is 0 Å². The van der Waals surface area contributed by atoms with Crippen molar-refractivity contribution in [2.24, 2.45) is 5.92 Å². The third kappa shape index (κ3) is 3.65. The Labute approximate surface area is 196 Å². The fraction of sp³-hybridized carbons (Fsp3) is 0.185. The molecule has 2 aliphatic heterocycles. The first kappa shape index (κ1) is 21.6. The highest BCUT2D eigenvalue weighted by molar-refractivity contribution is 6.34. The Morgan fingerprint density at radius 1 is 0.882 bits per heavy atom. The number of carbonyl (C=O) groups excluding carboxylic acids is 4. The van der Waals surface area contributed by atoms with E-state index < -0.39 is 11.9 Å². The molecule has 0 spiro atoms. The van der Waals surface area contributed by atoms with Gasteiger partial charge in [-0.2, -0.15) is 0 Å². The number of carbonyl (C=O) groups is 4. The van der Waals surface area contributed by atoms with E-state index in [1.165, 1.54) is 12.1 Å². The molecule has 3 aromatic rings. The summed E-state index contributed by atoms with van der Waals surface area (Å²) in [5.74, 6) is -1.68. The van der Waals surface area contributed by atoms with Gasteiger partial charge in [-0.3, -0.25) is 19.2 Å². The average Bonchev–Trinajstić information content (AvgIpc) is 3.34. The highest BCUT2D eigenvalue weighted by atomic mass is 16.5. The molecule has 3 aromatic carbocycles. The van der Waals surface area contributed by atoms with E-state index in [4.69, 9.17) is 4.74 Å². The molecule has 7 heteroatoms. The maximum atomic E-state index is 12.8. The van der Waals surface area contributed by atoms with Crippen molar-refractivity contribution < 1.29 is 23.9 Å². The van der Waals surface area contributed by atoms with Gasteiger partial charge >= 0.3 is 5.97 Å². The van der Waals surface area contributed by atoms with Crippen LogP contribution in [0.4, 0.5) is 11.4 Å². The van der Waals surface area contributed by atoms with Crippen LogP contribution in [0.2, 0.25) is 0 Å². The molecule has 1 atom stereocenters. The summed E-state index contributed by atoms with van der Waals surface area (Å²) in [6.07, 6.45) is 0.0827. The number of hydrogen-bond donors (Lipinski definition) is 0. The molecule has 2 aliphatic rings. The maximum Gasteiger partial charge on any atom is 0.316 e. The van der Waals surface area contributed by atoms with Crippen molar-refractivity contribution in [3.05, 3.63) is 89.0 Å². The summed E-state index contributed by atoms with van der Waals surface area (Å²) in [5, 5.41) is 0. The Morgan fingerprint density at radius 3 is 2.18 bits per heavy atom. The summed E-state index contributed by atoms with van der Waals surface area (Å²) >= 11 is 0. The first-order valence-corrected chi connectivity index (χ1v) is 11.0. The van der Waals surface area contributed by atoms with Crippen molar-refractivity contribution >= 4 is 35.1 Å². The fourth-order valence-electron chi connectivity index (χ4n) is 4.40. The van der Waals surface area contributed by atoms with E-state index in [-0.39, 0.29) is 36.4 Å². The molecule has 170 valence electrons. The monoisotopic (exact) mass is 454 g/mol. The largest absolute Gasteiger partial charge is 0.426 e. The van der Waals surface area contributed by atoms with Crippen LogP contribution in [0, 0.1) is 19.8 Å². The lowest BCUT2D eigenvalue weighted by Crippen LogP contribution is -2.29. The normalized spacial score (nSPS) is 17.4. The zero-order valence-electron chi connectivity index (χ0n) is 18.8. The minimum Gasteiger partial charge on any atom is -0.426 e. The topological polar surface area (TPSA) is 84.0 Å². The number of fused-ring (bicyclic) bond motifs is 1. The number of esters is 1. The van der Waals surface area contributed by atoms with E-state index in [9.17, 15) is 19.2 Å². The summed E-state index contributed by atoms with van der Waals surface area (Å²) in [6.45, 7) is 4.15. The highest BCUT2D eigenvalue weighted by Gasteiger charge is 2.38. The fourth-order valence-corrected chi connectivity index (χ4v) is 4.40. The Kier molecular flexibility index (Phi) is 5.24. The smallest absolute Gasteiger partial charge is 0.316 e. The van der Waals surface area contributed by atoms with E-state index in [0.717, 1.165) is 21.7 Å². The first-order valence-electron chi connectivity index (χ1n) is 11.0. The van der Waals surface area contributed by atoms with E-state index in [0.29, 0.717) is 16.8 Å². The molecule has 1 saturated heterocycles. The molecule has 0 aliphatic carbocycles. The van der Waals surface area contributed by atoms with Crippen LogP contribution in [-0.2, 0) is 9.59 Å². The van der Waals surface area contributed by atoms with Crippen LogP contribution in [0.1, 0.15) is 38.3 Å². The standard InChI is InChI=1S/C27H22N2O5/c1-16-7-8-17(2)23(13-16)28-15-18(14-24(28)30)27(33)34-20-11-9-19(10-12-20)29-25(31)21-5-3-4-6-22(21)26(29)32/h3-13,18H,14-15H2,1-2H3/t18-/m0/s1. The van der Waals surface area contributed by atoms with Crippen LogP contribution < -0.4 is 14.5 Å². The van der Waals surface area contributed by atoms with E-state index >= 15 is 0 Å². The number of amides is 3. The predicted molar refractivity (Wildman–Crippen MR) is 126 cm³/mol. The van der Waals surface area contributed by atoms with E-state index in [2.05, 4.69) is 0 Å². The SMILES string of the molecule is Cc1ccc(C)c(N2C[C@@H](C(=O)Oc3ccc(N4C(=O)c5ccccc5C4=O)cc3)CC2=O)c1. The summed E-state index contributed by atoms with van der Waals surface area (Å²) in [6, 6.07) is 18.8. The number of aryl methyl sites for hydroxylation is 2. The average molecular weight is 454 g/mol. The molecular weight excluding hydrogens is 432 g/mol. The van der Waals surface area contributed by atoms with Crippen molar-refractivity contribution in [3.8, 4) is 5.75 Å². The number of nitrogens with zero attached hydrogens (tertiary/aromatic N) is 2. The van der Waals surface area contributed by atoms with Crippen molar-refractivity contribution in [1.82, 2.24) is 0 Å². The van der Waals surface area contributed by atoms with Crippen molar-refractivity contribution in [2.45, 2.75) is 20.3 Å². The Bertz CT molecular complexity index is 1310. The van der Waals surface area contributed by atoms with Gasteiger partial charge in [-0.25, -0.2) is 4.90 Å². The molecule has 0 saturated carbocycles. The lowest BCUT2D eigenvalue weighted by molar-refractivity contribution is -0.139. The highest BCUT2D eigenvalue weighted by Crippen LogP contribution is 2.31. The predicted octanol–water partition coefficient (Wildman–Crippen LogP) is 4.06. The molecule has 0 N–H and O–H groups in total. The van der Waals surface area contributed by atoms with E-state index in [1.807, 2.05) is 32.0 Å². The van der Waals surface area contributed by atoms with Gasteiger partial charge in [0, 0.05) is 18.7 Å². The molecule has 2 heterocycles. The van der Waals surface area contributed by atoms with Crippen molar-refractivity contribution in [2.75, 3.05) is 16.3 Å². The van der Waals surface area contributed by atoms with Gasteiger partial charge in [0.1, 0.15) is 5.75 Å². The minimum atomic E-state index is -0.580. The molecule has 7 nitrogen and oxygen atoms in total. The van der Waals surface area contributed by atoms with Gasteiger partial charge in [0.05, 0.1) is 22.7 Å². The van der Waals surface area contributed by atoms with Crippen LogP contribution in [0.3, 0.4) is 0 Å². The Hall–Kier alpha value is -4.26. The number of rotatable bonds is 4. The first-order chi connectivity index (χ1) is 16.3. The second kappa shape index (κ2) is 8.26. The number of anilines is 2. The second-order valence-corrected chi connectivity index (χ2v) is 8.60. The molecule has 0 unspecified atom stereocenters. The molecule has 5 rings (SSSR count). The van der Waals surface area contributed by atoms with Crippen LogP contribution in [-0.4, -0.2) is 30.2 Å². The van der Waals surface area contributed by atoms with Crippen LogP contribution in [0.5, 0.6) is 5.75 Å². The van der Waals surface area contributed by atoms with Gasteiger partial charge in [-0.1, -0.05) is 24.3 Å². The molecule has 1 fully saturated rings. The minimum absolute atomic E-state index is 0.0827. The number of ether oxygens (including phenoxy) is 1. The molecule has 0 radical (unpaired) electrons. The summed E-state index contributed by atoms with van der Waals surface area (Å²) in [5.41, 5.74) is 3.94. The number of benzene rings is 3. The summed E-state index contributed by atoms with van der Waals surface area (Å²) in [4.78, 5) is 53.4. The Balaban J connectivity index is 1.27. The zero-order valence-corrected chi connectivity index (χ0v) is 18.8. The van der Waals surface area contributed by atoms with Crippen LogP contribution in [0.15, 0.2) is 66.7 Å². The van der Waals surface area contributed by atoms with Gasteiger partial charge in [-0.05, 0) is 67.4 Å². The second-order valence-electron chi connectivity index (χ2n) is 8.60.